The number of carbonyl (C=O) groups is 2. The number of hydrogen-bond donors (Lipinski definition) is 1. The topological polar surface area (TPSA) is 49.4 Å². The van der Waals surface area contributed by atoms with E-state index in [9.17, 15) is 22.8 Å². The van der Waals surface area contributed by atoms with Gasteiger partial charge in [0, 0.05) is 17.6 Å². The van der Waals surface area contributed by atoms with E-state index in [0.29, 0.717) is 10.7 Å². The van der Waals surface area contributed by atoms with E-state index in [1.807, 2.05) is 0 Å². The van der Waals surface area contributed by atoms with Gasteiger partial charge in [-0.05, 0) is 36.8 Å². The average Bonchev–Trinajstić information content (AvgIpc) is 2.54. The molecule has 0 heterocycles. The third-order valence-corrected chi connectivity index (χ3v) is 4.06. The lowest BCUT2D eigenvalue weighted by Gasteiger charge is -2.22. The minimum absolute atomic E-state index is 0.365. The Morgan fingerprint density at radius 3 is 2.38 bits per heavy atom. The van der Waals surface area contributed by atoms with Crippen molar-refractivity contribution in [3.63, 3.8) is 0 Å². The molecule has 0 bridgehead atoms. The second-order valence-corrected chi connectivity index (χ2v) is 6.04. The van der Waals surface area contributed by atoms with Gasteiger partial charge in [-0.25, -0.2) is 0 Å². The number of alkyl halides is 3. The predicted octanol–water partition coefficient (Wildman–Crippen LogP) is 4.66. The van der Waals surface area contributed by atoms with Gasteiger partial charge in [0.25, 0.3) is 0 Å². The average molecular weight is 385 g/mol. The molecule has 2 rings (SSSR count). The largest absolute Gasteiger partial charge is 0.418 e. The summed E-state index contributed by atoms with van der Waals surface area (Å²) in [6.07, 6.45) is -4.60. The first kappa shape index (κ1) is 19.8. The van der Waals surface area contributed by atoms with Crippen LogP contribution in [0.4, 0.5) is 24.5 Å². The van der Waals surface area contributed by atoms with E-state index in [0.717, 1.165) is 22.6 Å². The molecule has 0 saturated carbocycles. The third-order valence-electron chi connectivity index (χ3n) is 3.66. The van der Waals surface area contributed by atoms with E-state index in [1.165, 1.54) is 25.1 Å². The summed E-state index contributed by atoms with van der Waals surface area (Å²) in [5, 5.41) is 2.63. The fraction of sp³-hybridized carbons (Fsp3) is 0.222. The molecule has 2 amide bonds. The first-order valence-electron chi connectivity index (χ1n) is 7.60. The Labute approximate surface area is 153 Å². The van der Waals surface area contributed by atoms with E-state index in [2.05, 4.69) is 5.32 Å². The molecule has 0 radical (unpaired) electrons. The number of hydrogen-bond acceptors (Lipinski definition) is 2. The van der Waals surface area contributed by atoms with E-state index in [1.54, 1.807) is 19.1 Å². The second-order valence-electron chi connectivity index (χ2n) is 5.63. The smallest absolute Gasteiger partial charge is 0.324 e. The maximum Gasteiger partial charge on any atom is 0.418 e. The second kappa shape index (κ2) is 7.78. The lowest BCUT2D eigenvalue weighted by atomic mass is 10.1. The van der Waals surface area contributed by atoms with E-state index in [4.69, 9.17) is 11.6 Å². The molecule has 1 N–H and O–H groups in total. The zero-order chi connectivity index (χ0) is 19.5. The summed E-state index contributed by atoms with van der Waals surface area (Å²) in [4.78, 5) is 25.2. The molecule has 0 unspecified atom stereocenters. The van der Waals surface area contributed by atoms with Gasteiger partial charge in [-0.15, -0.1) is 0 Å². The van der Waals surface area contributed by atoms with Crippen molar-refractivity contribution in [1.82, 2.24) is 0 Å². The molecule has 138 valence electrons. The third kappa shape index (κ3) is 4.76. The highest BCUT2D eigenvalue weighted by molar-refractivity contribution is 6.31. The molecular formula is C18H16ClF3N2O2. The van der Waals surface area contributed by atoms with Gasteiger partial charge in [0.2, 0.25) is 11.8 Å². The molecule has 0 saturated heterocycles. The summed E-state index contributed by atoms with van der Waals surface area (Å²) < 4.78 is 39.0. The molecule has 0 fully saturated rings. The monoisotopic (exact) mass is 384 g/mol. The Hall–Kier alpha value is -2.54. The fourth-order valence-corrected chi connectivity index (χ4v) is 2.48. The van der Waals surface area contributed by atoms with Crippen LogP contribution in [0.15, 0.2) is 42.5 Å². The Balaban J connectivity index is 2.22. The number of nitrogens with one attached hydrogen (secondary N) is 1. The van der Waals surface area contributed by atoms with Gasteiger partial charge in [0.05, 0.1) is 11.3 Å². The quantitative estimate of drug-likeness (QED) is 0.833. The minimum Gasteiger partial charge on any atom is -0.324 e. The molecule has 0 aliphatic rings. The molecule has 2 aromatic carbocycles. The van der Waals surface area contributed by atoms with Crippen molar-refractivity contribution >= 4 is 34.8 Å². The molecule has 0 spiro atoms. The highest BCUT2D eigenvalue weighted by Gasteiger charge is 2.33. The van der Waals surface area contributed by atoms with Crippen molar-refractivity contribution in [2.45, 2.75) is 20.0 Å². The highest BCUT2D eigenvalue weighted by Crippen LogP contribution is 2.34. The van der Waals surface area contributed by atoms with Crippen LogP contribution in [-0.4, -0.2) is 18.4 Å². The molecule has 8 heteroatoms. The van der Waals surface area contributed by atoms with Crippen LogP contribution in [0.5, 0.6) is 0 Å². The molecule has 0 atom stereocenters. The van der Waals surface area contributed by atoms with Crippen LogP contribution in [0.3, 0.4) is 0 Å². The van der Waals surface area contributed by atoms with Crippen LogP contribution in [-0.2, 0) is 15.8 Å². The Morgan fingerprint density at radius 2 is 1.81 bits per heavy atom. The number of rotatable bonds is 4. The van der Waals surface area contributed by atoms with Crippen LogP contribution in [0, 0.1) is 6.92 Å². The fourth-order valence-electron chi connectivity index (χ4n) is 2.31. The predicted molar refractivity (Wildman–Crippen MR) is 94.3 cm³/mol. The summed E-state index contributed by atoms with van der Waals surface area (Å²) in [6, 6.07) is 9.46. The Bertz CT molecular complexity index is 837. The number of amides is 2. The van der Waals surface area contributed by atoms with Gasteiger partial charge in [0.1, 0.15) is 6.54 Å². The van der Waals surface area contributed by atoms with Crippen LogP contribution in [0.2, 0.25) is 5.02 Å². The SMILES string of the molecule is CC(=O)N(CC(=O)Nc1ccccc1C(F)(F)F)c1ccc(C)c(Cl)c1. The van der Waals surface area contributed by atoms with Crippen molar-refractivity contribution in [3.05, 3.63) is 58.6 Å². The van der Waals surface area contributed by atoms with Crippen LogP contribution >= 0.6 is 11.6 Å². The van der Waals surface area contributed by atoms with Crippen LogP contribution in [0.1, 0.15) is 18.1 Å². The van der Waals surface area contributed by atoms with E-state index in [-0.39, 0.29) is 5.69 Å². The standard InChI is InChI=1S/C18H16ClF3N2O2/c1-11-7-8-13(9-15(11)19)24(12(2)25)10-17(26)23-16-6-4-3-5-14(16)18(20,21)22/h3-9H,10H2,1-2H3,(H,23,26). The molecule has 0 aromatic heterocycles. The molecule has 0 aliphatic heterocycles. The molecule has 4 nitrogen and oxygen atoms in total. The van der Waals surface area contributed by atoms with Gasteiger partial charge >= 0.3 is 6.18 Å². The van der Waals surface area contributed by atoms with Crippen molar-refractivity contribution in [1.29, 1.82) is 0 Å². The molecule has 0 aliphatic carbocycles. The normalized spacial score (nSPS) is 11.2. The van der Waals surface area contributed by atoms with Crippen molar-refractivity contribution in [3.8, 4) is 0 Å². The highest BCUT2D eigenvalue weighted by atomic mass is 35.5. The lowest BCUT2D eigenvalue weighted by molar-refractivity contribution is -0.137. The first-order chi connectivity index (χ1) is 12.1. The number of halogens is 4. The van der Waals surface area contributed by atoms with Gasteiger partial charge in [-0.1, -0.05) is 29.8 Å². The van der Waals surface area contributed by atoms with E-state index >= 15 is 0 Å². The Morgan fingerprint density at radius 1 is 1.15 bits per heavy atom. The number of anilines is 2. The summed E-state index contributed by atoms with van der Waals surface area (Å²) in [6.45, 7) is 2.59. The zero-order valence-electron chi connectivity index (χ0n) is 14.0. The van der Waals surface area contributed by atoms with Gasteiger partial charge in [-0.3, -0.25) is 9.59 Å². The summed E-state index contributed by atoms with van der Waals surface area (Å²) in [5.41, 5.74) is -0.147. The lowest BCUT2D eigenvalue weighted by Crippen LogP contribution is -2.37. The van der Waals surface area contributed by atoms with E-state index < -0.39 is 30.1 Å². The minimum atomic E-state index is -4.60. The van der Waals surface area contributed by atoms with Gasteiger partial charge in [-0.2, -0.15) is 13.2 Å². The number of benzene rings is 2. The van der Waals surface area contributed by atoms with Crippen molar-refractivity contribution in [2.24, 2.45) is 0 Å². The number of para-hydroxylation sites is 1. The van der Waals surface area contributed by atoms with Gasteiger partial charge < -0.3 is 10.2 Å². The number of carbonyl (C=O) groups excluding carboxylic acids is 2. The maximum atomic E-state index is 13.0. The van der Waals surface area contributed by atoms with Crippen LogP contribution in [0.25, 0.3) is 0 Å². The summed E-state index contributed by atoms with van der Waals surface area (Å²) >= 11 is 6.04. The van der Waals surface area contributed by atoms with Crippen molar-refractivity contribution < 1.29 is 22.8 Å². The number of aryl methyl sites for hydroxylation is 1. The zero-order valence-corrected chi connectivity index (χ0v) is 14.8. The molecule has 26 heavy (non-hydrogen) atoms. The summed E-state index contributed by atoms with van der Waals surface area (Å²) in [5.74, 6) is -1.20. The Kier molecular flexibility index (Phi) is 5.92. The van der Waals surface area contributed by atoms with Crippen LogP contribution < -0.4 is 10.2 Å². The molecule has 2 aromatic rings. The van der Waals surface area contributed by atoms with Gasteiger partial charge in [0.15, 0.2) is 0 Å². The first-order valence-corrected chi connectivity index (χ1v) is 7.97. The van der Waals surface area contributed by atoms with Crippen molar-refractivity contribution in [2.75, 3.05) is 16.8 Å². The number of nitrogens with zero attached hydrogens (tertiary/aromatic N) is 1. The molecular weight excluding hydrogens is 369 g/mol. The summed E-state index contributed by atoms with van der Waals surface area (Å²) in [7, 11) is 0. The maximum absolute atomic E-state index is 13.0.